The van der Waals surface area contributed by atoms with E-state index in [1.54, 1.807) is 13.0 Å². The molecule has 1 aliphatic heterocycles. The molecule has 10 nitrogen and oxygen atoms in total. The first kappa shape index (κ1) is 19.1. The second kappa shape index (κ2) is 11.6. The molecule has 0 bridgehead atoms. The van der Waals surface area contributed by atoms with E-state index < -0.39 is 65.9 Å². The number of fused-ring (bicyclic) bond motifs is 1. The number of aliphatic hydroxyl groups is 1. The van der Waals surface area contributed by atoms with Gasteiger partial charge in [-0.25, -0.2) is 22.8 Å². The van der Waals surface area contributed by atoms with E-state index in [0.717, 1.165) is 6.07 Å². The average Bonchev–Trinajstić information content (AvgIpc) is 2.98. The van der Waals surface area contributed by atoms with Gasteiger partial charge in [-0.3, -0.25) is 9.78 Å². The van der Waals surface area contributed by atoms with Crippen LogP contribution in [0.5, 0.6) is 0 Å². The van der Waals surface area contributed by atoms with E-state index in [4.69, 9.17) is 16.1 Å². The molecular weight excluding hydrogens is 537 g/mol. The van der Waals surface area contributed by atoms with E-state index in [1.807, 2.05) is 0 Å². The van der Waals surface area contributed by atoms with Crippen molar-refractivity contribution in [3.63, 3.8) is 0 Å². The fraction of sp³-hybridized carbons (Fsp3) is 0.286. The first-order valence-corrected chi connectivity index (χ1v) is 13.5. The molecule has 3 aromatic heterocycles. The summed E-state index contributed by atoms with van der Waals surface area (Å²) in [5.41, 5.74) is 0.985. The van der Waals surface area contributed by atoms with Gasteiger partial charge in [0.2, 0.25) is 0 Å². The lowest BCUT2D eigenvalue weighted by Crippen LogP contribution is -2.36. The number of nitrogens with one attached hydrogen (secondary N) is 1. The number of aromatic nitrogens is 3. The molecule has 40 heavy (non-hydrogen) atoms. The molecule has 1 amide bonds. The van der Waals surface area contributed by atoms with Crippen LogP contribution in [0.25, 0.3) is 22.3 Å². The Morgan fingerprint density at radius 2 is 1.93 bits per heavy atom. The molecule has 4 aromatic rings. The molecule has 0 atom stereocenters. The Hall–Kier alpha value is -4.00. The van der Waals surface area contributed by atoms with Crippen LogP contribution in [0.3, 0.4) is 0 Å². The number of halogens is 1. The fourth-order valence-corrected chi connectivity index (χ4v) is 5.24. The molecule has 1 aromatic carbocycles. The number of hydrogen-bond acceptors (Lipinski definition) is 9. The number of aryl methyl sites for hydroxylation is 1. The van der Waals surface area contributed by atoms with Crippen molar-refractivity contribution in [3.05, 3.63) is 77.4 Å². The minimum atomic E-state index is -3.81. The summed E-state index contributed by atoms with van der Waals surface area (Å²) in [6.45, 7) is -12.5. The number of carbonyl (C=O) groups is 1. The highest BCUT2D eigenvalue weighted by Crippen LogP contribution is 2.24. The number of carbonyl (C=O) groups excluding carboxylic acids is 1. The van der Waals surface area contributed by atoms with Gasteiger partial charge in [-0.05, 0) is 42.8 Å². The number of morpholine rings is 1. The van der Waals surface area contributed by atoms with E-state index in [-0.39, 0.29) is 33.3 Å². The van der Waals surface area contributed by atoms with Gasteiger partial charge in [0.1, 0.15) is 11.6 Å². The van der Waals surface area contributed by atoms with Gasteiger partial charge >= 0.3 is 0 Å². The standard InChI is InChI=1S/C28H28FN5O5S/c1-18-2-3-19(12-26(18)40(37,38)11-8-35)28(36)31-17-22-15-24-20(16-30-22)4-5-23(32-24)25-13-21(29)14-27(33-25)34-6-9-39-10-7-34/h2-5,12-16,35H,6-11,17H2,1H3,(H,31,36)/i6D2,7D2,9D2,10D2. The Bertz CT molecular complexity index is 2010. The maximum absolute atomic E-state index is 14.9. The Balaban J connectivity index is 1.44. The molecule has 0 unspecified atom stereocenters. The van der Waals surface area contributed by atoms with E-state index >= 15 is 0 Å². The topological polar surface area (TPSA) is 135 Å². The summed E-state index contributed by atoms with van der Waals surface area (Å²) in [5, 5.41) is 12.3. The number of ether oxygens (including phenoxy) is 1. The first-order valence-electron chi connectivity index (χ1n) is 15.9. The van der Waals surface area contributed by atoms with Crippen LogP contribution in [0.15, 0.2) is 59.6 Å². The Kier molecular flexibility index (Phi) is 5.56. The van der Waals surface area contributed by atoms with Crippen molar-refractivity contribution in [1.82, 2.24) is 20.3 Å². The molecular formula is C28H28FN5O5S. The SMILES string of the molecule is [2H]C1([2H])OC([2H])([2H])C([2H])([2H])N(c2cc(F)cc(-c3ccc4cnc(CNC(=O)c5ccc(C)c(S(=O)(=O)CCO)c5)cc4n3)n2)C1([2H])[2H]. The number of pyridine rings is 3. The van der Waals surface area contributed by atoms with E-state index in [0.29, 0.717) is 28.2 Å². The molecule has 5 rings (SSSR count). The number of anilines is 1. The molecule has 4 heterocycles. The number of sulfone groups is 1. The van der Waals surface area contributed by atoms with Gasteiger partial charge in [-0.15, -0.1) is 0 Å². The van der Waals surface area contributed by atoms with E-state index in [2.05, 4.69) is 25.0 Å². The Labute approximate surface area is 242 Å². The van der Waals surface area contributed by atoms with Crippen LogP contribution in [0.2, 0.25) is 0 Å². The number of aliphatic hydroxyl groups excluding tert-OH is 1. The number of amides is 1. The van der Waals surface area contributed by atoms with Gasteiger partial charge in [0.05, 0.1) is 70.5 Å². The third-order valence-corrected chi connectivity index (χ3v) is 7.72. The molecule has 1 aliphatic rings. The molecule has 2 N–H and O–H groups in total. The quantitative estimate of drug-likeness (QED) is 0.326. The van der Waals surface area contributed by atoms with Gasteiger partial charge < -0.3 is 20.1 Å². The van der Waals surface area contributed by atoms with Crippen molar-refractivity contribution in [3.8, 4) is 11.4 Å². The van der Waals surface area contributed by atoms with Gasteiger partial charge in [0.15, 0.2) is 9.84 Å². The van der Waals surface area contributed by atoms with Gasteiger partial charge in [0.25, 0.3) is 5.91 Å². The lowest BCUT2D eigenvalue weighted by molar-refractivity contribution is 0.0950. The third-order valence-electron chi connectivity index (χ3n) is 5.89. The maximum Gasteiger partial charge on any atom is 0.251 e. The zero-order valence-corrected chi connectivity index (χ0v) is 21.8. The Morgan fingerprint density at radius 1 is 1.12 bits per heavy atom. The second-order valence-corrected chi connectivity index (χ2v) is 10.7. The smallest absolute Gasteiger partial charge is 0.251 e. The van der Waals surface area contributed by atoms with Crippen LogP contribution >= 0.6 is 0 Å². The molecule has 0 aliphatic carbocycles. The lowest BCUT2D eigenvalue weighted by Gasteiger charge is -2.28. The molecule has 1 fully saturated rings. The first-order chi connectivity index (χ1) is 22.2. The monoisotopic (exact) mass is 573 g/mol. The average molecular weight is 574 g/mol. The molecule has 1 saturated heterocycles. The molecule has 0 spiro atoms. The highest BCUT2D eigenvalue weighted by Gasteiger charge is 2.19. The van der Waals surface area contributed by atoms with Crippen molar-refractivity contribution < 1.29 is 38.4 Å². The van der Waals surface area contributed by atoms with Crippen LogP contribution < -0.4 is 10.2 Å². The van der Waals surface area contributed by atoms with Crippen LogP contribution in [0.4, 0.5) is 10.2 Å². The zero-order valence-electron chi connectivity index (χ0n) is 29.0. The maximum atomic E-state index is 14.9. The normalized spacial score (nSPS) is 21.9. The zero-order chi connectivity index (χ0) is 35.4. The molecule has 0 radical (unpaired) electrons. The summed E-state index contributed by atoms with van der Waals surface area (Å²) >= 11 is 0. The summed E-state index contributed by atoms with van der Waals surface area (Å²) in [6, 6.07) is 10.3. The van der Waals surface area contributed by atoms with Gasteiger partial charge in [0, 0.05) is 42.3 Å². The van der Waals surface area contributed by atoms with Gasteiger partial charge in [-0.2, -0.15) is 0 Å². The van der Waals surface area contributed by atoms with Gasteiger partial charge in [-0.1, -0.05) is 6.07 Å². The Morgan fingerprint density at radius 3 is 2.70 bits per heavy atom. The fourth-order valence-electron chi connectivity index (χ4n) is 3.91. The van der Waals surface area contributed by atoms with Crippen LogP contribution in [-0.2, 0) is 21.1 Å². The predicted molar refractivity (Wildman–Crippen MR) is 147 cm³/mol. The molecule has 208 valence electrons. The largest absolute Gasteiger partial charge is 0.395 e. The number of hydrogen-bond donors (Lipinski definition) is 2. The minimum absolute atomic E-state index is 0.0427. The van der Waals surface area contributed by atoms with Crippen LogP contribution in [0, 0.1) is 12.7 Å². The number of benzene rings is 1. The summed E-state index contributed by atoms with van der Waals surface area (Å²) in [7, 11) is -3.81. The van der Waals surface area contributed by atoms with Crippen molar-refractivity contribution in [2.75, 3.05) is 43.4 Å². The summed E-state index contributed by atoms with van der Waals surface area (Å²) in [5.74, 6) is -2.85. The highest BCUT2D eigenvalue weighted by molar-refractivity contribution is 7.91. The molecule has 0 saturated carbocycles. The number of rotatable bonds is 8. The predicted octanol–water partition coefficient (Wildman–Crippen LogP) is 2.67. The van der Waals surface area contributed by atoms with Crippen molar-refractivity contribution >= 4 is 32.5 Å². The highest BCUT2D eigenvalue weighted by atomic mass is 32.2. The van der Waals surface area contributed by atoms with E-state index in [1.165, 1.54) is 36.5 Å². The lowest BCUT2D eigenvalue weighted by atomic mass is 10.1. The number of nitrogens with zero attached hydrogens (tertiary/aromatic N) is 4. The van der Waals surface area contributed by atoms with Crippen LogP contribution in [-0.4, -0.2) is 72.9 Å². The van der Waals surface area contributed by atoms with Crippen LogP contribution in [0.1, 0.15) is 32.6 Å². The summed E-state index contributed by atoms with van der Waals surface area (Å²) in [6.07, 6.45) is 1.46. The van der Waals surface area contributed by atoms with Crippen molar-refractivity contribution in [1.29, 1.82) is 0 Å². The van der Waals surface area contributed by atoms with Crippen molar-refractivity contribution in [2.45, 2.75) is 18.4 Å². The summed E-state index contributed by atoms with van der Waals surface area (Å²) in [4.78, 5) is 25.8. The molecule has 12 heteroatoms. The third kappa shape index (κ3) is 6.09. The van der Waals surface area contributed by atoms with E-state index in [9.17, 15) is 17.6 Å². The summed E-state index contributed by atoms with van der Waals surface area (Å²) < 4.78 is 109. The minimum Gasteiger partial charge on any atom is -0.395 e. The second-order valence-electron chi connectivity index (χ2n) is 8.66. The van der Waals surface area contributed by atoms with Crippen molar-refractivity contribution in [2.24, 2.45) is 0 Å².